The molecule has 3 amide bonds. The Labute approximate surface area is 195 Å². The number of terminal acetylenes is 1. The first kappa shape index (κ1) is 25.5. The molecule has 0 saturated heterocycles. The summed E-state index contributed by atoms with van der Waals surface area (Å²) in [6.45, 7) is 8.77. The summed E-state index contributed by atoms with van der Waals surface area (Å²) >= 11 is 0. The molecule has 174 valence electrons. The second-order valence-corrected chi connectivity index (χ2v) is 8.71. The number of rotatable bonds is 7. The minimum atomic E-state index is -1.06. The fourth-order valence-electron chi connectivity index (χ4n) is 3.17. The summed E-state index contributed by atoms with van der Waals surface area (Å²) in [4.78, 5) is 39.2. The molecule has 2 N–H and O–H groups in total. The van der Waals surface area contributed by atoms with Gasteiger partial charge in [-0.2, -0.15) is 0 Å². The van der Waals surface area contributed by atoms with Gasteiger partial charge in [0.15, 0.2) is 0 Å². The largest absolute Gasteiger partial charge is 0.444 e. The molecule has 0 heterocycles. The molecule has 7 heteroatoms. The molecule has 7 nitrogen and oxygen atoms in total. The molecular weight excluding hydrogens is 418 g/mol. The Balaban J connectivity index is 2.27. The van der Waals surface area contributed by atoms with Crippen LogP contribution in [0, 0.1) is 26.3 Å². The van der Waals surface area contributed by atoms with Crippen molar-refractivity contribution in [3.63, 3.8) is 0 Å². The number of hydrogen-bond donors (Lipinski definition) is 2. The van der Waals surface area contributed by atoms with Crippen LogP contribution in [0.25, 0.3) is 0 Å². The molecule has 0 spiro atoms. The van der Waals surface area contributed by atoms with Gasteiger partial charge in [-0.15, -0.1) is 0 Å². The van der Waals surface area contributed by atoms with Crippen molar-refractivity contribution >= 4 is 17.9 Å². The third kappa shape index (κ3) is 7.69. The van der Waals surface area contributed by atoms with Crippen LogP contribution in [0.3, 0.4) is 0 Å². The summed E-state index contributed by atoms with van der Waals surface area (Å²) in [5.41, 5.74) is 2.55. The molecular formula is C26H31N3O4. The highest BCUT2D eigenvalue weighted by Gasteiger charge is 2.32. The van der Waals surface area contributed by atoms with Gasteiger partial charge in [-0.3, -0.25) is 14.5 Å². The molecule has 0 bridgehead atoms. The molecule has 0 saturated carbocycles. The number of amides is 3. The van der Waals surface area contributed by atoms with Crippen molar-refractivity contribution in [2.75, 3.05) is 6.54 Å². The average molecular weight is 450 g/mol. The van der Waals surface area contributed by atoms with Crippen LogP contribution in [0.4, 0.5) is 4.79 Å². The van der Waals surface area contributed by atoms with E-state index in [4.69, 9.17) is 11.2 Å². The molecule has 0 aromatic heterocycles. The number of ether oxygens (including phenoxy) is 1. The Hall–Kier alpha value is -3.79. The predicted octanol–water partition coefficient (Wildman–Crippen LogP) is 3.60. The van der Waals surface area contributed by atoms with E-state index in [0.717, 1.165) is 21.6 Å². The normalized spacial score (nSPS) is 11.6. The zero-order chi connectivity index (χ0) is 24.6. The van der Waals surface area contributed by atoms with Gasteiger partial charge >= 0.3 is 6.09 Å². The number of carbonyl (C=O) groups excluding carboxylic acids is 3. The Morgan fingerprint density at radius 3 is 2.33 bits per heavy atom. The molecule has 33 heavy (non-hydrogen) atoms. The van der Waals surface area contributed by atoms with Crippen LogP contribution in [-0.2, 0) is 20.9 Å². The number of carbonyl (C=O) groups is 3. The number of nitrogens with zero attached hydrogens (tertiary/aromatic N) is 1. The molecule has 2 aromatic rings. The van der Waals surface area contributed by atoms with E-state index in [9.17, 15) is 14.4 Å². The van der Waals surface area contributed by atoms with Crippen molar-refractivity contribution in [3.05, 3.63) is 70.8 Å². The minimum absolute atomic E-state index is 0.282. The molecule has 0 fully saturated rings. The maximum absolute atomic E-state index is 13.3. The summed E-state index contributed by atoms with van der Waals surface area (Å²) in [5.74, 6) is -1.03. The lowest BCUT2D eigenvalue weighted by Crippen LogP contribution is -2.45. The average Bonchev–Trinajstić information content (AvgIpc) is 2.75. The van der Waals surface area contributed by atoms with Gasteiger partial charge in [0.05, 0.1) is 0 Å². The Morgan fingerprint density at radius 2 is 1.73 bits per heavy atom. The van der Waals surface area contributed by atoms with Crippen LogP contribution in [0.5, 0.6) is 0 Å². The predicted molar refractivity (Wildman–Crippen MR) is 127 cm³/mol. The van der Waals surface area contributed by atoms with Crippen LogP contribution in [-0.4, -0.2) is 35.0 Å². The summed E-state index contributed by atoms with van der Waals surface area (Å²) < 4.78 is 5.16. The Kier molecular flexibility index (Phi) is 8.63. The third-order valence-electron chi connectivity index (χ3n) is 4.74. The number of alkyl carbamates (subject to hydrolysis) is 1. The van der Waals surface area contributed by atoms with Crippen molar-refractivity contribution in [2.45, 2.75) is 52.8 Å². The van der Waals surface area contributed by atoms with Gasteiger partial charge in [-0.1, -0.05) is 60.5 Å². The monoisotopic (exact) mass is 449 g/mol. The van der Waals surface area contributed by atoms with E-state index in [1.54, 1.807) is 20.8 Å². The molecule has 0 aliphatic rings. The van der Waals surface area contributed by atoms with Crippen LogP contribution in [0.2, 0.25) is 0 Å². The number of nitrogens with one attached hydrogen (secondary N) is 2. The smallest absolute Gasteiger partial charge is 0.408 e. The van der Waals surface area contributed by atoms with Crippen molar-refractivity contribution in [2.24, 2.45) is 0 Å². The molecule has 2 rings (SSSR count). The second-order valence-electron chi connectivity index (χ2n) is 8.71. The lowest BCUT2D eigenvalue weighted by molar-refractivity contribution is -0.136. The quantitative estimate of drug-likeness (QED) is 0.499. The van der Waals surface area contributed by atoms with E-state index in [1.807, 2.05) is 62.4 Å². The second kappa shape index (κ2) is 11.2. The van der Waals surface area contributed by atoms with Gasteiger partial charge in [-0.25, -0.2) is 4.79 Å². The first-order valence-electron chi connectivity index (χ1n) is 10.7. The number of hydrogen-bond acceptors (Lipinski definition) is 4. The van der Waals surface area contributed by atoms with E-state index in [-0.39, 0.29) is 6.54 Å². The standard InChI is InChI=1S/C26H31N3O4/c1-7-29(22(30)17-28-25(32)33-26(4,5)6)23(21-15-18(2)13-14-19(21)3)24(31)27-16-20-11-9-8-10-12-20/h1,8-15,23H,16-17H2,2-6H3,(H,27,31)(H,28,32). The van der Waals surface area contributed by atoms with Gasteiger partial charge in [0.1, 0.15) is 18.2 Å². The fraction of sp³-hybridized carbons (Fsp3) is 0.346. The summed E-state index contributed by atoms with van der Waals surface area (Å²) in [5, 5.41) is 5.27. The van der Waals surface area contributed by atoms with Gasteiger partial charge < -0.3 is 15.4 Å². The first-order chi connectivity index (χ1) is 15.5. The third-order valence-corrected chi connectivity index (χ3v) is 4.74. The lowest BCUT2D eigenvalue weighted by atomic mass is 9.97. The van der Waals surface area contributed by atoms with Gasteiger partial charge in [0, 0.05) is 12.6 Å². The lowest BCUT2D eigenvalue weighted by Gasteiger charge is -2.28. The highest BCUT2D eigenvalue weighted by atomic mass is 16.6. The van der Waals surface area contributed by atoms with Crippen molar-refractivity contribution in [3.8, 4) is 12.5 Å². The topological polar surface area (TPSA) is 87.7 Å². The van der Waals surface area contributed by atoms with E-state index >= 15 is 0 Å². The maximum Gasteiger partial charge on any atom is 0.408 e. The molecule has 1 atom stereocenters. The van der Waals surface area contributed by atoms with Gasteiger partial charge in [0.25, 0.3) is 5.91 Å². The van der Waals surface area contributed by atoms with Crippen molar-refractivity contribution in [1.29, 1.82) is 0 Å². The zero-order valence-electron chi connectivity index (χ0n) is 19.8. The van der Waals surface area contributed by atoms with E-state index in [0.29, 0.717) is 5.56 Å². The maximum atomic E-state index is 13.3. The van der Waals surface area contributed by atoms with Crippen LogP contribution in [0.15, 0.2) is 48.5 Å². The Bertz CT molecular complexity index is 1040. The minimum Gasteiger partial charge on any atom is -0.444 e. The molecule has 0 aliphatic heterocycles. The number of benzene rings is 2. The Morgan fingerprint density at radius 1 is 1.06 bits per heavy atom. The highest BCUT2D eigenvalue weighted by Crippen LogP contribution is 2.25. The SMILES string of the molecule is C#CN(C(=O)CNC(=O)OC(C)(C)C)C(C(=O)NCc1ccccc1)c1cc(C)ccc1C. The summed E-state index contributed by atoms with van der Waals surface area (Å²) in [6.07, 6.45) is 4.94. The summed E-state index contributed by atoms with van der Waals surface area (Å²) in [6, 6.07) is 16.3. The first-order valence-corrected chi connectivity index (χ1v) is 10.7. The fourth-order valence-corrected chi connectivity index (χ4v) is 3.17. The van der Waals surface area contributed by atoms with Crippen LogP contribution < -0.4 is 10.6 Å². The van der Waals surface area contributed by atoms with Crippen molar-refractivity contribution < 1.29 is 19.1 Å². The van der Waals surface area contributed by atoms with E-state index in [1.165, 1.54) is 0 Å². The van der Waals surface area contributed by atoms with Gasteiger partial charge in [0.2, 0.25) is 5.91 Å². The van der Waals surface area contributed by atoms with Crippen molar-refractivity contribution in [1.82, 2.24) is 15.5 Å². The van der Waals surface area contributed by atoms with Crippen LogP contribution in [0.1, 0.15) is 49.1 Å². The molecule has 2 aromatic carbocycles. The molecule has 0 radical (unpaired) electrons. The van der Waals surface area contributed by atoms with E-state index in [2.05, 4.69) is 16.7 Å². The van der Waals surface area contributed by atoms with Gasteiger partial charge in [-0.05, 0) is 51.3 Å². The van der Waals surface area contributed by atoms with E-state index < -0.39 is 36.1 Å². The zero-order valence-corrected chi connectivity index (χ0v) is 19.8. The number of aryl methyl sites for hydroxylation is 2. The molecule has 0 aliphatic carbocycles. The molecule has 1 unspecified atom stereocenters. The van der Waals surface area contributed by atoms with Crippen LogP contribution >= 0.6 is 0 Å². The highest BCUT2D eigenvalue weighted by molar-refractivity contribution is 5.91. The summed E-state index contributed by atoms with van der Waals surface area (Å²) in [7, 11) is 0.